The number of hydrogen-bond acceptors (Lipinski definition) is 3. The Morgan fingerprint density at radius 1 is 1.90 bits per heavy atom. The number of carbonyl (C=O) groups is 1. The van der Waals surface area contributed by atoms with Gasteiger partial charge in [0.2, 0.25) is 0 Å². The van der Waals surface area contributed by atoms with Crippen molar-refractivity contribution in [2.24, 2.45) is 0 Å². The van der Waals surface area contributed by atoms with E-state index in [2.05, 4.69) is 5.32 Å². The average molecular weight is 145 g/mol. The summed E-state index contributed by atoms with van der Waals surface area (Å²) in [6, 6.07) is -0.387. The highest BCUT2D eigenvalue weighted by Gasteiger charge is 2.35. The minimum Gasteiger partial charge on any atom is -0.329 e. The molecule has 1 unspecified atom stereocenters. The first-order chi connectivity index (χ1) is 4.63. The van der Waals surface area contributed by atoms with Gasteiger partial charge in [0, 0.05) is 12.0 Å². The minimum atomic E-state index is -0.896. The van der Waals surface area contributed by atoms with Crippen LogP contribution in [-0.4, -0.2) is 35.6 Å². The molecule has 0 radical (unpaired) electrons. The standard InChI is InChI=1S/C4H7N3O3/c1-6-3(7(9)10)2-5-4(6)8/h3H,2H2,1H3,(H,5,8). The fourth-order valence-corrected chi connectivity index (χ4v) is 0.792. The lowest BCUT2D eigenvalue weighted by Crippen LogP contribution is -2.35. The molecular formula is C4H7N3O3. The van der Waals surface area contributed by atoms with E-state index >= 15 is 0 Å². The molecule has 0 aliphatic carbocycles. The number of hydrogen-bond donors (Lipinski definition) is 1. The van der Waals surface area contributed by atoms with Gasteiger partial charge in [0.25, 0.3) is 0 Å². The van der Waals surface area contributed by atoms with Gasteiger partial charge in [-0.2, -0.15) is 0 Å². The topological polar surface area (TPSA) is 75.5 Å². The summed E-state index contributed by atoms with van der Waals surface area (Å²) in [6.07, 6.45) is -0.896. The number of urea groups is 1. The van der Waals surface area contributed by atoms with Gasteiger partial charge in [-0.15, -0.1) is 0 Å². The van der Waals surface area contributed by atoms with Crippen molar-refractivity contribution >= 4 is 6.03 Å². The fourth-order valence-electron chi connectivity index (χ4n) is 0.792. The van der Waals surface area contributed by atoms with Crippen LogP contribution in [0.15, 0.2) is 0 Å². The van der Waals surface area contributed by atoms with Gasteiger partial charge in [-0.25, -0.2) is 4.79 Å². The van der Waals surface area contributed by atoms with Gasteiger partial charge < -0.3 is 5.32 Å². The van der Waals surface area contributed by atoms with Crippen molar-refractivity contribution < 1.29 is 9.72 Å². The van der Waals surface area contributed by atoms with Crippen LogP contribution in [0.3, 0.4) is 0 Å². The zero-order chi connectivity index (χ0) is 7.72. The third kappa shape index (κ3) is 0.873. The lowest BCUT2D eigenvalue weighted by molar-refractivity contribution is -0.537. The van der Waals surface area contributed by atoms with E-state index in [0.717, 1.165) is 4.90 Å². The Balaban J connectivity index is 2.66. The lowest BCUT2D eigenvalue weighted by Gasteiger charge is -2.08. The molecule has 1 aliphatic rings. The summed E-state index contributed by atoms with van der Waals surface area (Å²) in [4.78, 5) is 21.3. The van der Waals surface area contributed by atoms with Crippen LogP contribution in [0.5, 0.6) is 0 Å². The van der Waals surface area contributed by atoms with E-state index in [1.807, 2.05) is 0 Å². The summed E-state index contributed by atoms with van der Waals surface area (Å²) in [6.45, 7) is 0.0995. The molecule has 0 aromatic heterocycles. The van der Waals surface area contributed by atoms with Crippen LogP contribution in [0.4, 0.5) is 4.79 Å². The monoisotopic (exact) mass is 145 g/mol. The third-order valence-corrected chi connectivity index (χ3v) is 1.45. The largest absolute Gasteiger partial charge is 0.329 e. The van der Waals surface area contributed by atoms with Crippen molar-refractivity contribution in [3.63, 3.8) is 0 Å². The number of amides is 2. The predicted octanol–water partition coefficient (Wildman–Crippen LogP) is -0.756. The van der Waals surface area contributed by atoms with Crippen LogP contribution < -0.4 is 5.32 Å². The molecule has 0 spiro atoms. The molecule has 0 bridgehead atoms. The molecule has 56 valence electrons. The maximum atomic E-state index is 10.6. The SMILES string of the molecule is CN1C(=O)NCC1[N+](=O)[O-]. The van der Waals surface area contributed by atoms with Crippen molar-refractivity contribution in [2.45, 2.75) is 6.17 Å². The molecule has 6 nitrogen and oxygen atoms in total. The number of nitro groups is 1. The van der Waals surface area contributed by atoms with Crippen LogP contribution >= 0.6 is 0 Å². The predicted molar refractivity (Wildman–Crippen MR) is 31.9 cm³/mol. The molecular weight excluding hydrogens is 138 g/mol. The number of carbonyl (C=O) groups excluding carboxylic acids is 1. The van der Waals surface area contributed by atoms with E-state index in [1.54, 1.807) is 0 Å². The Kier molecular flexibility index (Phi) is 1.44. The summed E-state index contributed by atoms with van der Waals surface area (Å²) in [5, 5.41) is 12.5. The summed E-state index contributed by atoms with van der Waals surface area (Å²) >= 11 is 0. The normalized spacial score (nSPS) is 24.7. The van der Waals surface area contributed by atoms with Crippen molar-refractivity contribution in [1.29, 1.82) is 0 Å². The molecule has 1 rings (SSSR count). The summed E-state index contributed by atoms with van der Waals surface area (Å²) in [7, 11) is 1.40. The molecule has 1 aliphatic heterocycles. The summed E-state index contributed by atoms with van der Waals surface area (Å²) < 4.78 is 0. The second-order valence-electron chi connectivity index (χ2n) is 2.06. The molecule has 6 heteroatoms. The van der Waals surface area contributed by atoms with Gasteiger partial charge in [0.15, 0.2) is 0 Å². The van der Waals surface area contributed by atoms with Crippen molar-refractivity contribution in [3.05, 3.63) is 10.1 Å². The Hall–Kier alpha value is -1.33. The molecule has 0 aromatic carbocycles. The Morgan fingerprint density at radius 2 is 2.50 bits per heavy atom. The van der Waals surface area contributed by atoms with Gasteiger partial charge in [0.1, 0.15) is 6.54 Å². The van der Waals surface area contributed by atoms with E-state index < -0.39 is 11.1 Å². The van der Waals surface area contributed by atoms with Gasteiger partial charge in [0.05, 0.1) is 0 Å². The quantitative estimate of drug-likeness (QED) is 0.389. The summed E-state index contributed by atoms with van der Waals surface area (Å²) in [5.74, 6) is 0. The van der Waals surface area contributed by atoms with Gasteiger partial charge >= 0.3 is 12.2 Å². The van der Waals surface area contributed by atoms with Crippen LogP contribution in [0.2, 0.25) is 0 Å². The highest BCUT2D eigenvalue weighted by molar-refractivity contribution is 5.76. The van der Waals surface area contributed by atoms with E-state index in [9.17, 15) is 14.9 Å². The average Bonchev–Trinajstić information content (AvgIpc) is 2.14. The van der Waals surface area contributed by atoms with E-state index in [-0.39, 0.29) is 12.6 Å². The van der Waals surface area contributed by atoms with Crippen molar-refractivity contribution in [2.75, 3.05) is 13.6 Å². The van der Waals surface area contributed by atoms with Crippen LogP contribution in [0.1, 0.15) is 0 Å². The number of nitrogens with zero attached hydrogens (tertiary/aromatic N) is 2. The zero-order valence-corrected chi connectivity index (χ0v) is 5.40. The van der Waals surface area contributed by atoms with Crippen molar-refractivity contribution in [1.82, 2.24) is 10.2 Å². The number of likely N-dealkylation sites (N-methyl/N-ethyl adjacent to an activating group) is 1. The van der Waals surface area contributed by atoms with Crippen LogP contribution in [0, 0.1) is 10.1 Å². The number of nitrogens with one attached hydrogen (secondary N) is 1. The molecule has 1 saturated heterocycles. The molecule has 0 saturated carbocycles. The molecule has 0 aromatic rings. The molecule has 1 fully saturated rings. The number of rotatable bonds is 1. The molecule has 10 heavy (non-hydrogen) atoms. The third-order valence-electron chi connectivity index (χ3n) is 1.45. The molecule has 1 atom stereocenters. The zero-order valence-electron chi connectivity index (χ0n) is 5.40. The van der Waals surface area contributed by atoms with E-state index in [4.69, 9.17) is 0 Å². The second-order valence-corrected chi connectivity index (χ2v) is 2.06. The van der Waals surface area contributed by atoms with Crippen molar-refractivity contribution in [3.8, 4) is 0 Å². The Morgan fingerprint density at radius 3 is 2.70 bits per heavy atom. The first-order valence-electron chi connectivity index (χ1n) is 2.77. The smallest absolute Gasteiger partial charge is 0.322 e. The maximum absolute atomic E-state index is 10.6. The molecule has 1 heterocycles. The van der Waals surface area contributed by atoms with Gasteiger partial charge in [-0.3, -0.25) is 15.0 Å². The van der Waals surface area contributed by atoms with Crippen LogP contribution in [-0.2, 0) is 0 Å². The first-order valence-corrected chi connectivity index (χ1v) is 2.77. The van der Waals surface area contributed by atoms with E-state index in [0.29, 0.717) is 0 Å². The van der Waals surface area contributed by atoms with Gasteiger partial charge in [-0.1, -0.05) is 0 Å². The minimum absolute atomic E-state index is 0.0995. The van der Waals surface area contributed by atoms with E-state index in [1.165, 1.54) is 7.05 Å². The summed E-state index contributed by atoms with van der Waals surface area (Å²) in [5.41, 5.74) is 0. The Bertz CT molecular complexity index is 181. The highest BCUT2D eigenvalue weighted by atomic mass is 16.6. The fraction of sp³-hybridized carbons (Fsp3) is 0.750. The molecule has 1 N–H and O–H groups in total. The van der Waals surface area contributed by atoms with Gasteiger partial charge in [-0.05, 0) is 0 Å². The molecule has 2 amide bonds. The first kappa shape index (κ1) is 6.79. The van der Waals surface area contributed by atoms with Crippen LogP contribution in [0.25, 0.3) is 0 Å². The lowest BCUT2D eigenvalue weighted by atomic mass is 10.5. The highest BCUT2D eigenvalue weighted by Crippen LogP contribution is 2.02. The maximum Gasteiger partial charge on any atom is 0.322 e. The Labute approximate surface area is 57.0 Å². The second kappa shape index (κ2) is 2.13.